The number of anilines is 1. The smallest absolute Gasteiger partial charge is 0.269 e. The molecule has 2 heterocycles. The number of benzene rings is 1. The van der Waals surface area contributed by atoms with Gasteiger partial charge in [-0.15, -0.1) is 0 Å². The Balaban J connectivity index is 2.40. The highest BCUT2D eigenvalue weighted by atomic mass is 35.5. The second-order valence-corrected chi connectivity index (χ2v) is 5.10. The number of H-pyrrole nitrogens is 1. The summed E-state index contributed by atoms with van der Waals surface area (Å²) in [6.07, 6.45) is 1.70. The third-order valence-electron chi connectivity index (χ3n) is 3.36. The van der Waals surface area contributed by atoms with Gasteiger partial charge in [0, 0.05) is 10.9 Å². The van der Waals surface area contributed by atoms with Crippen molar-refractivity contribution in [1.82, 2.24) is 15.2 Å². The average molecular weight is 302 g/mol. The van der Waals surface area contributed by atoms with Crippen LogP contribution >= 0.6 is 11.6 Å². The van der Waals surface area contributed by atoms with Crippen LogP contribution < -0.4 is 11.5 Å². The quantitative estimate of drug-likeness (QED) is 0.630. The minimum absolute atomic E-state index is 0.0302. The van der Waals surface area contributed by atoms with Crippen LogP contribution in [0.15, 0.2) is 24.4 Å². The van der Waals surface area contributed by atoms with Gasteiger partial charge in [-0.3, -0.25) is 9.89 Å². The van der Waals surface area contributed by atoms with Gasteiger partial charge in [0.2, 0.25) is 0 Å². The van der Waals surface area contributed by atoms with Crippen LogP contribution in [0.4, 0.5) is 5.69 Å². The number of pyridine rings is 1. The fraction of sp³-hybridized carbons (Fsp3) is 0.0714. The first-order valence-corrected chi connectivity index (χ1v) is 6.55. The van der Waals surface area contributed by atoms with Crippen molar-refractivity contribution in [1.29, 1.82) is 0 Å². The zero-order valence-corrected chi connectivity index (χ0v) is 11.9. The number of nitrogens with two attached hydrogens (primary N) is 2. The minimum Gasteiger partial charge on any atom is -0.396 e. The van der Waals surface area contributed by atoms with Crippen molar-refractivity contribution in [3.8, 4) is 11.1 Å². The largest absolute Gasteiger partial charge is 0.396 e. The summed E-state index contributed by atoms with van der Waals surface area (Å²) in [7, 11) is 0. The molecule has 106 valence electrons. The lowest BCUT2D eigenvalue weighted by atomic mass is 9.95. The number of amides is 1. The molecule has 7 heteroatoms. The third-order valence-corrected chi connectivity index (χ3v) is 3.56. The number of aryl methyl sites for hydroxylation is 1. The fourth-order valence-electron chi connectivity index (χ4n) is 2.40. The molecule has 21 heavy (non-hydrogen) atoms. The molecule has 0 atom stereocenters. The Morgan fingerprint density at radius 3 is 2.86 bits per heavy atom. The number of aromatic nitrogens is 3. The summed E-state index contributed by atoms with van der Waals surface area (Å²) in [5, 5.41) is 7.98. The van der Waals surface area contributed by atoms with Crippen molar-refractivity contribution in [2.75, 3.05) is 5.73 Å². The summed E-state index contributed by atoms with van der Waals surface area (Å²) in [4.78, 5) is 15.4. The van der Waals surface area contributed by atoms with Crippen LogP contribution in [0, 0.1) is 6.92 Å². The normalized spacial score (nSPS) is 11.0. The molecular weight excluding hydrogens is 290 g/mol. The van der Waals surface area contributed by atoms with E-state index in [9.17, 15) is 4.79 Å². The Morgan fingerprint density at radius 2 is 2.14 bits per heavy atom. The molecule has 0 spiro atoms. The number of nitrogens with one attached hydrogen (secondary N) is 1. The Labute approximate surface area is 125 Å². The molecule has 0 saturated heterocycles. The highest BCUT2D eigenvalue weighted by molar-refractivity contribution is 6.30. The number of hydrogen-bond acceptors (Lipinski definition) is 4. The number of hydrogen-bond donors (Lipinski definition) is 3. The number of halogens is 1. The summed E-state index contributed by atoms with van der Waals surface area (Å²) in [5.74, 6) is -0.715. The summed E-state index contributed by atoms with van der Waals surface area (Å²) in [6, 6.07) is 5.49. The van der Waals surface area contributed by atoms with Crippen molar-refractivity contribution < 1.29 is 4.79 Å². The Kier molecular flexibility index (Phi) is 3.03. The SMILES string of the molecule is Cc1ccc2[nH]ncc2c1-c1cc(Cl)nc(C(N)=O)c1N. The second kappa shape index (κ2) is 4.75. The summed E-state index contributed by atoms with van der Waals surface area (Å²) in [6.45, 7) is 1.94. The van der Waals surface area contributed by atoms with Gasteiger partial charge in [-0.2, -0.15) is 5.10 Å². The molecule has 0 aliphatic rings. The van der Waals surface area contributed by atoms with Crippen LogP contribution in [0.2, 0.25) is 5.15 Å². The molecular formula is C14H12ClN5O. The van der Waals surface area contributed by atoms with Gasteiger partial charge in [-0.25, -0.2) is 4.98 Å². The number of carbonyl (C=O) groups is 1. The van der Waals surface area contributed by atoms with E-state index >= 15 is 0 Å². The zero-order chi connectivity index (χ0) is 15.1. The first kappa shape index (κ1) is 13.4. The van der Waals surface area contributed by atoms with E-state index < -0.39 is 5.91 Å². The van der Waals surface area contributed by atoms with E-state index in [0.29, 0.717) is 5.56 Å². The van der Waals surface area contributed by atoms with Crippen LogP contribution in [-0.2, 0) is 0 Å². The summed E-state index contributed by atoms with van der Waals surface area (Å²) < 4.78 is 0. The highest BCUT2D eigenvalue weighted by Gasteiger charge is 2.18. The molecule has 3 aromatic rings. The first-order valence-electron chi connectivity index (χ1n) is 6.18. The van der Waals surface area contributed by atoms with E-state index in [1.54, 1.807) is 12.3 Å². The van der Waals surface area contributed by atoms with Gasteiger partial charge in [0.05, 0.1) is 17.4 Å². The van der Waals surface area contributed by atoms with Gasteiger partial charge < -0.3 is 11.5 Å². The maximum atomic E-state index is 11.5. The van der Waals surface area contributed by atoms with Crippen molar-refractivity contribution >= 4 is 34.1 Å². The minimum atomic E-state index is -0.715. The van der Waals surface area contributed by atoms with Crippen molar-refractivity contribution in [2.45, 2.75) is 6.92 Å². The van der Waals surface area contributed by atoms with Gasteiger partial charge in [0.1, 0.15) is 5.15 Å². The molecule has 1 amide bonds. The molecule has 6 nitrogen and oxygen atoms in total. The fourth-order valence-corrected chi connectivity index (χ4v) is 2.60. The van der Waals surface area contributed by atoms with E-state index in [0.717, 1.165) is 22.0 Å². The molecule has 3 rings (SSSR count). The van der Waals surface area contributed by atoms with Crippen LogP contribution in [0.25, 0.3) is 22.0 Å². The number of primary amides is 1. The molecule has 0 aliphatic heterocycles. The Bertz CT molecular complexity index is 871. The van der Waals surface area contributed by atoms with Crippen LogP contribution in [-0.4, -0.2) is 21.1 Å². The summed E-state index contributed by atoms with van der Waals surface area (Å²) >= 11 is 6.00. The number of aromatic amines is 1. The topological polar surface area (TPSA) is 111 Å². The lowest BCUT2D eigenvalue weighted by molar-refractivity contribution is 0.0996. The average Bonchev–Trinajstić information content (AvgIpc) is 2.89. The summed E-state index contributed by atoms with van der Waals surface area (Å²) in [5.41, 5.74) is 14.9. The maximum Gasteiger partial charge on any atom is 0.269 e. The lowest BCUT2D eigenvalue weighted by Gasteiger charge is -2.13. The van der Waals surface area contributed by atoms with Gasteiger partial charge in [-0.05, 0) is 30.2 Å². The molecule has 0 saturated carbocycles. The van der Waals surface area contributed by atoms with Gasteiger partial charge in [0.25, 0.3) is 5.91 Å². The van der Waals surface area contributed by atoms with Crippen LogP contribution in [0.5, 0.6) is 0 Å². The monoisotopic (exact) mass is 301 g/mol. The Morgan fingerprint density at radius 1 is 1.38 bits per heavy atom. The van der Waals surface area contributed by atoms with Gasteiger partial charge in [0.15, 0.2) is 5.69 Å². The maximum absolute atomic E-state index is 11.5. The van der Waals surface area contributed by atoms with Crippen molar-refractivity contribution in [3.63, 3.8) is 0 Å². The van der Waals surface area contributed by atoms with Crippen molar-refractivity contribution in [3.05, 3.63) is 40.8 Å². The lowest BCUT2D eigenvalue weighted by Crippen LogP contribution is -2.16. The van der Waals surface area contributed by atoms with E-state index in [2.05, 4.69) is 15.2 Å². The molecule has 5 N–H and O–H groups in total. The predicted octanol–water partition coefficient (Wildman–Crippen LogP) is 2.27. The second-order valence-electron chi connectivity index (χ2n) is 4.71. The van der Waals surface area contributed by atoms with E-state index in [1.165, 1.54) is 0 Å². The van der Waals surface area contributed by atoms with Crippen molar-refractivity contribution in [2.24, 2.45) is 5.73 Å². The molecule has 0 unspecified atom stereocenters. The molecule has 0 radical (unpaired) electrons. The number of rotatable bonds is 2. The molecule has 0 fully saturated rings. The number of carbonyl (C=O) groups excluding carboxylic acids is 1. The predicted molar refractivity (Wildman–Crippen MR) is 82.0 cm³/mol. The van der Waals surface area contributed by atoms with Gasteiger partial charge in [-0.1, -0.05) is 17.7 Å². The number of nitrogen functional groups attached to an aromatic ring is 1. The highest BCUT2D eigenvalue weighted by Crippen LogP contribution is 2.36. The first-order chi connectivity index (χ1) is 9.99. The molecule has 0 aliphatic carbocycles. The van der Waals surface area contributed by atoms with E-state index in [-0.39, 0.29) is 16.5 Å². The number of fused-ring (bicyclic) bond motifs is 1. The zero-order valence-electron chi connectivity index (χ0n) is 11.1. The van der Waals surface area contributed by atoms with Gasteiger partial charge >= 0.3 is 0 Å². The number of nitrogens with zero attached hydrogens (tertiary/aromatic N) is 2. The molecule has 1 aromatic carbocycles. The van der Waals surface area contributed by atoms with E-state index in [1.807, 2.05) is 19.1 Å². The standard InChI is InChI=1S/C14H12ClN5O/c1-6-2-3-9-8(5-18-20-9)11(6)7-4-10(15)19-13(12(7)16)14(17)21/h2-5H,16H2,1H3,(H2,17,21)(H,18,20). The third kappa shape index (κ3) is 2.09. The van der Waals surface area contributed by atoms with Crippen LogP contribution in [0.1, 0.15) is 16.1 Å². The van der Waals surface area contributed by atoms with Crippen LogP contribution in [0.3, 0.4) is 0 Å². The molecule has 2 aromatic heterocycles. The van der Waals surface area contributed by atoms with E-state index in [4.69, 9.17) is 23.1 Å². The Hall–Kier alpha value is -2.60. The molecule has 0 bridgehead atoms.